The minimum atomic E-state index is -3.64. The van der Waals surface area contributed by atoms with Crippen molar-refractivity contribution >= 4 is 21.6 Å². The Bertz CT molecular complexity index is 961. The number of amides is 1. The second-order valence-electron chi connectivity index (χ2n) is 8.31. The normalized spacial score (nSPS) is 19.4. The van der Waals surface area contributed by atoms with Gasteiger partial charge in [0.25, 0.3) is 15.9 Å². The molecular weight excluding hydrogens is 400 g/mol. The molecule has 0 aromatic heterocycles. The SMILES string of the molecule is Cc1ccc(S(=O)(=O)N(C)c2ccc(OCC(=O)N3CC(C)CC(C)C3)cc2)cc1. The van der Waals surface area contributed by atoms with Crippen molar-refractivity contribution in [2.75, 3.05) is 31.0 Å². The average molecular weight is 431 g/mol. The third-order valence-electron chi connectivity index (χ3n) is 5.46. The summed E-state index contributed by atoms with van der Waals surface area (Å²) in [6, 6.07) is 13.5. The summed E-state index contributed by atoms with van der Waals surface area (Å²) in [4.78, 5) is 14.6. The number of anilines is 1. The molecule has 1 aliphatic rings. The summed E-state index contributed by atoms with van der Waals surface area (Å²) in [6.45, 7) is 7.76. The van der Waals surface area contributed by atoms with Gasteiger partial charge in [-0.2, -0.15) is 0 Å². The van der Waals surface area contributed by atoms with E-state index in [4.69, 9.17) is 4.74 Å². The number of carbonyl (C=O) groups is 1. The number of aryl methyl sites for hydroxylation is 1. The van der Waals surface area contributed by atoms with Gasteiger partial charge in [-0.25, -0.2) is 8.42 Å². The van der Waals surface area contributed by atoms with Gasteiger partial charge in [0.2, 0.25) is 0 Å². The Hall–Kier alpha value is -2.54. The molecule has 30 heavy (non-hydrogen) atoms. The van der Waals surface area contributed by atoms with Crippen LogP contribution in [0.3, 0.4) is 0 Å². The van der Waals surface area contributed by atoms with Crippen LogP contribution >= 0.6 is 0 Å². The number of ether oxygens (including phenoxy) is 1. The second kappa shape index (κ2) is 9.08. The minimum absolute atomic E-state index is 0.0171. The fourth-order valence-electron chi connectivity index (χ4n) is 3.86. The molecule has 1 amide bonds. The van der Waals surface area contributed by atoms with E-state index in [0.717, 1.165) is 25.1 Å². The van der Waals surface area contributed by atoms with Crippen molar-refractivity contribution in [3.63, 3.8) is 0 Å². The van der Waals surface area contributed by atoms with Crippen molar-refractivity contribution in [1.82, 2.24) is 4.90 Å². The Morgan fingerprint density at radius 2 is 1.60 bits per heavy atom. The molecule has 6 nitrogen and oxygen atoms in total. The standard InChI is InChI=1S/C23H30N2O4S/c1-17-5-11-22(12-6-17)30(27,28)24(4)20-7-9-21(10-8-20)29-16-23(26)25-14-18(2)13-19(3)15-25/h5-12,18-19H,13-16H2,1-4H3. The first-order chi connectivity index (χ1) is 14.2. The van der Waals surface area contributed by atoms with E-state index in [2.05, 4.69) is 13.8 Å². The number of hydrogen-bond donors (Lipinski definition) is 0. The highest BCUT2D eigenvalue weighted by molar-refractivity contribution is 7.92. The molecule has 0 spiro atoms. The third kappa shape index (κ3) is 5.14. The average Bonchev–Trinajstić information content (AvgIpc) is 2.71. The van der Waals surface area contributed by atoms with Gasteiger partial charge in [0.05, 0.1) is 10.6 Å². The predicted octanol–water partition coefficient (Wildman–Crippen LogP) is 3.70. The van der Waals surface area contributed by atoms with E-state index in [9.17, 15) is 13.2 Å². The zero-order chi connectivity index (χ0) is 21.9. The van der Waals surface area contributed by atoms with Crippen LogP contribution in [0.4, 0.5) is 5.69 Å². The summed E-state index contributed by atoms with van der Waals surface area (Å²) in [5.41, 5.74) is 1.52. The molecule has 2 unspecified atom stereocenters. The van der Waals surface area contributed by atoms with Crippen LogP contribution in [0, 0.1) is 18.8 Å². The Balaban J connectivity index is 1.62. The fraction of sp³-hybridized carbons (Fsp3) is 0.435. The lowest BCUT2D eigenvalue weighted by molar-refractivity contribution is -0.136. The van der Waals surface area contributed by atoms with Crippen molar-refractivity contribution < 1.29 is 17.9 Å². The molecule has 7 heteroatoms. The van der Waals surface area contributed by atoms with E-state index in [1.165, 1.54) is 11.4 Å². The first-order valence-electron chi connectivity index (χ1n) is 10.2. The lowest BCUT2D eigenvalue weighted by Gasteiger charge is -2.34. The highest BCUT2D eigenvalue weighted by Crippen LogP contribution is 2.25. The Kier molecular flexibility index (Phi) is 6.71. The molecule has 1 heterocycles. The molecule has 1 aliphatic heterocycles. The third-order valence-corrected chi connectivity index (χ3v) is 7.26. The van der Waals surface area contributed by atoms with Gasteiger partial charge in [0.1, 0.15) is 5.75 Å². The van der Waals surface area contributed by atoms with Gasteiger partial charge in [-0.3, -0.25) is 9.10 Å². The maximum atomic E-state index is 12.8. The van der Waals surface area contributed by atoms with Gasteiger partial charge < -0.3 is 9.64 Å². The molecule has 162 valence electrons. The van der Waals surface area contributed by atoms with E-state index in [1.807, 2.05) is 11.8 Å². The Labute approximate surface area is 179 Å². The number of nitrogens with zero attached hydrogens (tertiary/aromatic N) is 2. The maximum Gasteiger partial charge on any atom is 0.264 e. The van der Waals surface area contributed by atoms with Crippen LogP contribution in [0.2, 0.25) is 0 Å². The van der Waals surface area contributed by atoms with Crippen LogP contribution in [-0.4, -0.2) is 46.0 Å². The highest BCUT2D eigenvalue weighted by Gasteiger charge is 2.25. The molecule has 1 fully saturated rings. The molecule has 0 radical (unpaired) electrons. The molecule has 3 rings (SSSR count). The van der Waals surface area contributed by atoms with E-state index >= 15 is 0 Å². The monoisotopic (exact) mass is 430 g/mol. The molecule has 0 aliphatic carbocycles. The summed E-state index contributed by atoms with van der Waals surface area (Å²) in [5.74, 6) is 1.52. The van der Waals surface area contributed by atoms with E-state index in [1.54, 1.807) is 48.5 Å². The second-order valence-corrected chi connectivity index (χ2v) is 10.3. The first kappa shape index (κ1) is 22.2. The quantitative estimate of drug-likeness (QED) is 0.701. The van der Waals surface area contributed by atoms with Gasteiger partial charge in [-0.1, -0.05) is 31.5 Å². The van der Waals surface area contributed by atoms with E-state index < -0.39 is 10.0 Å². The minimum Gasteiger partial charge on any atom is -0.484 e. The van der Waals surface area contributed by atoms with Crippen LogP contribution in [0.5, 0.6) is 5.75 Å². The van der Waals surface area contributed by atoms with E-state index in [0.29, 0.717) is 23.3 Å². The number of carbonyl (C=O) groups excluding carboxylic acids is 1. The maximum absolute atomic E-state index is 12.8. The van der Waals surface area contributed by atoms with Crippen LogP contribution in [0.1, 0.15) is 25.8 Å². The Morgan fingerprint density at radius 3 is 2.17 bits per heavy atom. The van der Waals surface area contributed by atoms with Crippen molar-refractivity contribution in [2.45, 2.75) is 32.1 Å². The summed E-state index contributed by atoms with van der Waals surface area (Å²) in [6.07, 6.45) is 1.14. The molecule has 2 atom stereocenters. The van der Waals surface area contributed by atoms with Crippen molar-refractivity contribution in [3.8, 4) is 5.75 Å². The van der Waals surface area contributed by atoms with Crippen LogP contribution in [-0.2, 0) is 14.8 Å². The Morgan fingerprint density at radius 1 is 1.03 bits per heavy atom. The number of sulfonamides is 1. The van der Waals surface area contributed by atoms with Crippen molar-refractivity contribution in [2.24, 2.45) is 11.8 Å². The highest BCUT2D eigenvalue weighted by atomic mass is 32.2. The smallest absolute Gasteiger partial charge is 0.264 e. The number of piperidine rings is 1. The lowest BCUT2D eigenvalue weighted by atomic mass is 9.92. The largest absolute Gasteiger partial charge is 0.484 e. The van der Waals surface area contributed by atoms with Gasteiger partial charge in [0, 0.05) is 20.1 Å². The molecule has 2 aromatic carbocycles. The molecule has 1 saturated heterocycles. The first-order valence-corrected chi connectivity index (χ1v) is 11.7. The summed E-state index contributed by atoms with van der Waals surface area (Å²) in [7, 11) is -2.12. The van der Waals surface area contributed by atoms with Crippen LogP contribution in [0.15, 0.2) is 53.4 Å². The molecular formula is C23H30N2O4S. The summed E-state index contributed by atoms with van der Waals surface area (Å²) < 4.78 is 32.5. The van der Waals surface area contributed by atoms with Crippen molar-refractivity contribution in [1.29, 1.82) is 0 Å². The molecule has 0 bridgehead atoms. The van der Waals surface area contributed by atoms with Gasteiger partial charge >= 0.3 is 0 Å². The lowest BCUT2D eigenvalue weighted by Crippen LogP contribution is -2.44. The number of hydrogen-bond acceptors (Lipinski definition) is 4. The number of rotatable bonds is 6. The van der Waals surface area contributed by atoms with E-state index in [-0.39, 0.29) is 17.4 Å². The zero-order valence-corrected chi connectivity index (χ0v) is 18.9. The van der Waals surface area contributed by atoms with Crippen LogP contribution < -0.4 is 9.04 Å². The van der Waals surface area contributed by atoms with Gasteiger partial charge in [0.15, 0.2) is 6.61 Å². The summed E-state index contributed by atoms with van der Waals surface area (Å²) >= 11 is 0. The van der Waals surface area contributed by atoms with Gasteiger partial charge in [-0.05, 0) is 61.6 Å². The number of likely N-dealkylation sites (tertiary alicyclic amines) is 1. The number of benzene rings is 2. The molecule has 0 saturated carbocycles. The molecule has 2 aromatic rings. The topological polar surface area (TPSA) is 66.9 Å². The fourth-order valence-corrected chi connectivity index (χ4v) is 5.06. The van der Waals surface area contributed by atoms with Gasteiger partial charge in [-0.15, -0.1) is 0 Å². The predicted molar refractivity (Wildman–Crippen MR) is 118 cm³/mol. The molecule has 0 N–H and O–H groups in total. The van der Waals surface area contributed by atoms with Crippen LogP contribution in [0.25, 0.3) is 0 Å². The zero-order valence-electron chi connectivity index (χ0n) is 18.0. The summed E-state index contributed by atoms with van der Waals surface area (Å²) in [5, 5.41) is 0. The van der Waals surface area contributed by atoms with Crippen molar-refractivity contribution in [3.05, 3.63) is 54.1 Å².